The Hall–Kier alpha value is -2.53. The molecule has 1 aromatic rings. The number of hydrogen-bond acceptors (Lipinski definition) is 6. The highest BCUT2D eigenvalue weighted by Crippen LogP contribution is 2.55. The van der Waals surface area contributed by atoms with Crippen LogP contribution in [0.25, 0.3) is 0 Å². The van der Waals surface area contributed by atoms with Crippen LogP contribution < -0.4 is 10.6 Å². The van der Waals surface area contributed by atoms with Gasteiger partial charge in [-0.15, -0.1) is 0 Å². The molecule has 5 aliphatic rings. The minimum Gasteiger partial charge on any atom is -0.359 e. The van der Waals surface area contributed by atoms with Gasteiger partial charge in [-0.1, -0.05) is 57.4 Å². The molecule has 234 valence electrons. The van der Waals surface area contributed by atoms with Gasteiger partial charge in [-0.05, 0) is 43.0 Å². The van der Waals surface area contributed by atoms with Gasteiger partial charge in [0.05, 0.1) is 23.0 Å². The number of carbonyl (C=O) groups is 3. The smallest absolute Gasteiger partial charge is 0.246 e. The number of nitrogens with zero attached hydrogens (tertiary/aromatic N) is 3. The van der Waals surface area contributed by atoms with E-state index in [-0.39, 0.29) is 22.9 Å². The number of nitrogens with one attached hydrogen (secondary N) is 2. The van der Waals surface area contributed by atoms with Gasteiger partial charge in [0, 0.05) is 51.0 Å². The number of ether oxygens (including phenoxy) is 1. The van der Waals surface area contributed by atoms with Gasteiger partial charge in [-0.3, -0.25) is 19.3 Å². The maximum absolute atomic E-state index is 14.3. The minimum atomic E-state index is -1.22. The van der Waals surface area contributed by atoms with E-state index in [4.69, 9.17) is 16.3 Å². The molecule has 2 N–H and O–H groups in total. The third kappa shape index (κ3) is 5.49. The van der Waals surface area contributed by atoms with Gasteiger partial charge < -0.3 is 25.2 Å². The summed E-state index contributed by atoms with van der Waals surface area (Å²) in [5.74, 6) is -2.29. The molecule has 0 unspecified atom stereocenters. The van der Waals surface area contributed by atoms with Gasteiger partial charge in [0.15, 0.2) is 0 Å². The first kappa shape index (κ1) is 30.5. The molecule has 1 aliphatic carbocycles. The van der Waals surface area contributed by atoms with Crippen molar-refractivity contribution in [3.8, 4) is 0 Å². The zero-order chi connectivity index (χ0) is 30.5. The second-order valence-corrected chi connectivity index (χ2v) is 13.4. The van der Waals surface area contributed by atoms with Crippen molar-refractivity contribution in [1.82, 2.24) is 20.0 Å². The van der Waals surface area contributed by atoms with E-state index < -0.39 is 41.3 Å². The Kier molecular flexibility index (Phi) is 8.58. The van der Waals surface area contributed by atoms with Gasteiger partial charge in [0.2, 0.25) is 17.7 Å². The topological polar surface area (TPSA) is 94.2 Å². The molecule has 11 heteroatoms. The van der Waals surface area contributed by atoms with Crippen LogP contribution in [0.15, 0.2) is 30.4 Å². The zero-order valence-corrected chi connectivity index (χ0v) is 26.0. The fourth-order valence-electron chi connectivity index (χ4n) is 7.93. The molecule has 4 fully saturated rings. The second-order valence-electron chi connectivity index (χ2n) is 13.0. The number of fused-ring (bicyclic) bond motifs is 1. The van der Waals surface area contributed by atoms with Crippen molar-refractivity contribution in [1.29, 1.82) is 0 Å². The van der Waals surface area contributed by atoms with Crippen LogP contribution in [0, 0.1) is 29.5 Å². The Labute approximate surface area is 258 Å². The van der Waals surface area contributed by atoms with Crippen molar-refractivity contribution in [2.45, 2.75) is 63.8 Å². The minimum absolute atomic E-state index is 0.0238. The number of piperazine rings is 1. The number of benzene rings is 1. The molecule has 43 heavy (non-hydrogen) atoms. The maximum atomic E-state index is 14.3. The van der Waals surface area contributed by atoms with Gasteiger partial charge >= 0.3 is 0 Å². The molecule has 9 nitrogen and oxygen atoms in total. The number of amides is 3. The highest BCUT2D eigenvalue weighted by Gasteiger charge is 2.72. The van der Waals surface area contributed by atoms with Crippen LogP contribution in [0.4, 0.5) is 10.1 Å². The molecule has 1 aromatic carbocycles. The summed E-state index contributed by atoms with van der Waals surface area (Å²) in [6.45, 7) is 12.4. The zero-order valence-electron chi connectivity index (χ0n) is 25.2. The molecular weight excluding hydrogens is 573 g/mol. The molecule has 3 saturated heterocycles. The van der Waals surface area contributed by atoms with Crippen LogP contribution in [0.1, 0.15) is 40.0 Å². The fraction of sp³-hybridized carbons (Fsp3) is 0.656. The van der Waals surface area contributed by atoms with E-state index in [1.807, 2.05) is 12.2 Å². The van der Waals surface area contributed by atoms with E-state index in [0.717, 1.165) is 52.0 Å². The lowest BCUT2D eigenvalue weighted by molar-refractivity contribution is -0.142. The predicted octanol–water partition coefficient (Wildman–Crippen LogP) is 3.15. The van der Waals surface area contributed by atoms with Crippen molar-refractivity contribution in [3.05, 3.63) is 41.2 Å². The standard InChI is InChI=1S/C32H43ClFN5O4/c1-4-37-12-14-38(15-13-37)16-17-39-28(30(41)36-24-7-5-6-19(2)20(24)3)32-11-10-25(43-32)26(27(32)31(39)42)29(40)35-21-8-9-23(34)22(33)18-21/h8-11,18-20,24-28H,4-7,12-17H2,1-3H3,(H,35,40)(H,36,41)/t19-,20-,24+,25+,26+,27+,28-,32-/m0/s1. The Morgan fingerprint density at radius 1 is 1.09 bits per heavy atom. The number of anilines is 1. The number of carbonyl (C=O) groups excluding carboxylic acids is 3. The lowest BCUT2D eigenvalue weighted by atomic mass is 9.73. The lowest BCUT2D eigenvalue weighted by Gasteiger charge is -2.39. The summed E-state index contributed by atoms with van der Waals surface area (Å²) >= 11 is 5.94. The van der Waals surface area contributed by atoms with E-state index in [9.17, 15) is 18.8 Å². The first-order chi connectivity index (χ1) is 20.6. The van der Waals surface area contributed by atoms with Crippen LogP contribution in [0.2, 0.25) is 5.02 Å². The van der Waals surface area contributed by atoms with Crippen LogP contribution >= 0.6 is 11.6 Å². The Morgan fingerprint density at radius 3 is 2.56 bits per heavy atom. The molecule has 1 saturated carbocycles. The van der Waals surface area contributed by atoms with Gasteiger partial charge in [0.25, 0.3) is 0 Å². The Morgan fingerprint density at radius 2 is 1.84 bits per heavy atom. The fourth-order valence-corrected chi connectivity index (χ4v) is 8.11. The molecule has 4 aliphatic heterocycles. The third-order valence-corrected chi connectivity index (χ3v) is 11.0. The molecule has 6 rings (SSSR count). The summed E-state index contributed by atoms with van der Waals surface area (Å²) in [5.41, 5.74) is -0.890. The number of likely N-dealkylation sites (N-methyl/N-ethyl adjacent to an activating group) is 1. The molecule has 4 heterocycles. The van der Waals surface area contributed by atoms with Crippen LogP contribution in [-0.4, -0.2) is 102 Å². The van der Waals surface area contributed by atoms with E-state index in [1.165, 1.54) is 18.2 Å². The summed E-state index contributed by atoms with van der Waals surface area (Å²) in [7, 11) is 0. The first-order valence-corrected chi connectivity index (χ1v) is 16.2. The summed E-state index contributed by atoms with van der Waals surface area (Å²) in [6, 6.07) is 3.12. The van der Waals surface area contributed by atoms with Crippen molar-refractivity contribution in [2.75, 3.05) is 51.1 Å². The molecule has 3 amide bonds. The SMILES string of the molecule is CCN1CCN(CCN2C(=O)[C@H]3[C@H](C(=O)Nc4ccc(F)c(Cl)c4)[C@H]4C=C[C@@]3(O4)[C@@H]2C(=O)N[C@@H]2CCC[C@H](C)[C@@H]2C)CC1. The maximum Gasteiger partial charge on any atom is 0.246 e. The largest absolute Gasteiger partial charge is 0.359 e. The Balaban J connectivity index is 1.25. The molecule has 8 atom stereocenters. The molecular formula is C32H43ClFN5O4. The second kappa shape index (κ2) is 12.1. The lowest BCUT2D eigenvalue weighted by Crippen LogP contribution is -2.58. The van der Waals surface area contributed by atoms with Gasteiger partial charge in [-0.25, -0.2) is 4.39 Å². The number of likely N-dealkylation sites (tertiary alicyclic amines) is 1. The van der Waals surface area contributed by atoms with Crippen molar-refractivity contribution < 1.29 is 23.5 Å². The highest BCUT2D eigenvalue weighted by atomic mass is 35.5. The van der Waals surface area contributed by atoms with Crippen LogP contribution in [-0.2, 0) is 19.1 Å². The van der Waals surface area contributed by atoms with Crippen molar-refractivity contribution in [3.63, 3.8) is 0 Å². The van der Waals surface area contributed by atoms with Crippen molar-refractivity contribution in [2.24, 2.45) is 23.7 Å². The average Bonchev–Trinajstić information content (AvgIpc) is 3.63. The monoisotopic (exact) mass is 615 g/mol. The third-order valence-electron chi connectivity index (χ3n) is 10.7. The first-order valence-electron chi connectivity index (χ1n) is 15.8. The average molecular weight is 616 g/mol. The van der Waals surface area contributed by atoms with Gasteiger partial charge in [0.1, 0.15) is 17.5 Å². The molecule has 2 bridgehead atoms. The molecule has 1 spiro atoms. The summed E-state index contributed by atoms with van der Waals surface area (Å²) in [5, 5.41) is 6.01. The molecule has 0 radical (unpaired) electrons. The van der Waals surface area contributed by atoms with E-state index in [2.05, 4.69) is 41.2 Å². The quantitative estimate of drug-likeness (QED) is 0.437. The normalized spacial score (nSPS) is 35.8. The highest BCUT2D eigenvalue weighted by molar-refractivity contribution is 6.31. The van der Waals surface area contributed by atoms with Crippen molar-refractivity contribution >= 4 is 35.0 Å². The molecule has 0 aromatic heterocycles. The number of halogens is 2. The summed E-state index contributed by atoms with van der Waals surface area (Å²) in [4.78, 5) is 48.6. The van der Waals surface area contributed by atoms with E-state index >= 15 is 0 Å². The van der Waals surface area contributed by atoms with E-state index in [1.54, 1.807) is 4.90 Å². The predicted molar refractivity (Wildman–Crippen MR) is 162 cm³/mol. The Bertz CT molecular complexity index is 1290. The summed E-state index contributed by atoms with van der Waals surface area (Å²) < 4.78 is 20.2. The van der Waals surface area contributed by atoms with Crippen LogP contribution in [0.5, 0.6) is 0 Å². The van der Waals surface area contributed by atoms with Crippen LogP contribution in [0.3, 0.4) is 0 Å². The van der Waals surface area contributed by atoms with Gasteiger partial charge in [-0.2, -0.15) is 0 Å². The number of hydrogen-bond donors (Lipinski definition) is 2. The van der Waals surface area contributed by atoms with E-state index in [0.29, 0.717) is 30.6 Å². The number of rotatable bonds is 8. The summed E-state index contributed by atoms with van der Waals surface area (Å²) in [6.07, 6.45) is 6.11.